The van der Waals surface area contributed by atoms with Gasteiger partial charge in [-0.3, -0.25) is 9.59 Å². The van der Waals surface area contributed by atoms with Crippen LogP contribution in [0.25, 0.3) is 10.8 Å². The number of hydrogen-bond acceptors (Lipinski definition) is 3. The van der Waals surface area contributed by atoms with Gasteiger partial charge in [0.15, 0.2) is 0 Å². The first-order valence-corrected chi connectivity index (χ1v) is 8.88. The largest absolute Gasteiger partial charge is 0.507 e. The molecule has 3 aromatic carbocycles. The highest BCUT2D eigenvalue weighted by molar-refractivity contribution is 6.10. The third-order valence-electron chi connectivity index (χ3n) is 4.58. The molecule has 28 heavy (non-hydrogen) atoms. The number of carbonyl (C=O) groups excluding carboxylic acids is 1. The van der Waals surface area contributed by atoms with Gasteiger partial charge in [-0.1, -0.05) is 66.7 Å². The van der Waals surface area contributed by atoms with E-state index < -0.39 is 5.91 Å². The van der Waals surface area contributed by atoms with Crippen molar-refractivity contribution in [3.05, 3.63) is 107 Å². The van der Waals surface area contributed by atoms with Gasteiger partial charge < -0.3 is 15.0 Å². The maximum Gasteiger partial charge on any atom is 0.260 e. The van der Waals surface area contributed by atoms with Crippen LogP contribution in [0.5, 0.6) is 5.75 Å². The van der Waals surface area contributed by atoms with Crippen molar-refractivity contribution in [1.82, 2.24) is 4.57 Å². The zero-order valence-electron chi connectivity index (χ0n) is 15.0. The lowest BCUT2D eigenvalue weighted by molar-refractivity contribution is 0.102. The molecule has 0 aliphatic rings. The fourth-order valence-corrected chi connectivity index (χ4v) is 3.17. The molecule has 0 fully saturated rings. The summed E-state index contributed by atoms with van der Waals surface area (Å²) in [5.74, 6) is -0.817. The first-order chi connectivity index (χ1) is 13.6. The SMILES string of the molecule is O=C(Nc1cccc2ccccc12)c1cn(Cc2ccccc2)c(=O)cc1O. The summed E-state index contributed by atoms with van der Waals surface area (Å²) in [6.07, 6.45) is 1.39. The van der Waals surface area contributed by atoms with E-state index in [1.165, 1.54) is 10.8 Å². The van der Waals surface area contributed by atoms with E-state index in [1.54, 1.807) is 6.07 Å². The van der Waals surface area contributed by atoms with Crippen molar-refractivity contribution in [3.63, 3.8) is 0 Å². The number of nitrogens with one attached hydrogen (secondary N) is 1. The van der Waals surface area contributed by atoms with Crippen LogP contribution in [-0.4, -0.2) is 15.6 Å². The first kappa shape index (κ1) is 17.5. The Kier molecular flexibility index (Phi) is 4.64. The number of anilines is 1. The van der Waals surface area contributed by atoms with Gasteiger partial charge in [-0.25, -0.2) is 0 Å². The smallest absolute Gasteiger partial charge is 0.260 e. The molecule has 4 aromatic rings. The Hall–Kier alpha value is -3.86. The fraction of sp³-hybridized carbons (Fsp3) is 0.0435. The van der Waals surface area contributed by atoms with Gasteiger partial charge in [0, 0.05) is 23.3 Å². The molecule has 1 aromatic heterocycles. The van der Waals surface area contributed by atoms with Crippen molar-refractivity contribution in [2.45, 2.75) is 6.54 Å². The molecule has 0 radical (unpaired) electrons. The van der Waals surface area contributed by atoms with Crippen LogP contribution in [0.4, 0.5) is 5.69 Å². The lowest BCUT2D eigenvalue weighted by atomic mass is 10.1. The van der Waals surface area contributed by atoms with Gasteiger partial charge in [-0.15, -0.1) is 0 Å². The molecule has 4 rings (SSSR count). The number of pyridine rings is 1. The Bertz CT molecular complexity index is 1210. The summed E-state index contributed by atoms with van der Waals surface area (Å²) in [4.78, 5) is 25.0. The second-order valence-electron chi connectivity index (χ2n) is 6.50. The molecule has 0 aliphatic carbocycles. The van der Waals surface area contributed by atoms with E-state index in [0.717, 1.165) is 22.4 Å². The third-order valence-corrected chi connectivity index (χ3v) is 4.58. The number of aromatic hydroxyl groups is 1. The molecule has 0 unspecified atom stereocenters. The maximum absolute atomic E-state index is 12.8. The molecule has 0 aliphatic heterocycles. The predicted octanol–water partition coefficient (Wildman–Crippen LogP) is 4.01. The number of carbonyl (C=O) groups is 1. The van der Waals surface area contributed by atoms with E-state index in [0.29, 0.717) is 12.2 Å². The molecular weight excluding hydrogens is 352 g/mol. The molecule has 1 heterocycles. The average Bonchev–Trinajstić information content (AvgIpc) is 2.71. The molecule has 0 saturated heterocycles. The molecule has 0 spiro atoms. The highest BCUT2D eigenvalue weighted by atomic mass is 16.3. The van der Waals surface area contributed by atoms with Crippen LogP contribution in [0.15, 0.2) is 89.9 Å². The average molecular weight is 370 g/mol. The summed E-state index contributed by atoms with van der Waals surface area (Å²) in [5.41, 5.74) is 1.24. The summed E-state index contributed by atoms with van der Waals surface area (Å²) in [7, 11) is 0. The van der Waals surface area contributed by atoms with Crippen LogP contribution in [0.2, 0.25) is 0 Å². The zero-order chi connectivity index (χ0) is 19.5. The van der Waals surface area contributed by atoms with E-state index in [9.17, 15) is 14.7 Å². The molecule has 0 atom stereocenters. The number of aromatic nitrogens is 1. The Morgan fingerprint density at radius 2 is 1.64 bits per heavy atom. The predicted molar refractivity (Wildman–Crippen MR) is 110 cm³/mol. The highest BCUT2D eigenvalue weighted by Crippen LogP contribution is 2.24. The van der Waals surface area contributed by atoms with E-state index >= 15 is 0 Å². The molecular formula is C23H18N2O3. The summed E-state index contributed by atoms with van der Waals surface area (Å²) >= 11 is 0. The summed E-state index contributed by atoms with van der Waals surface area (Å²) in [6, 6.07) is 23.9. The van der Waals surface area contributed by atoms with Gasteiger partial charge in [-0.2, -0.15) is 0 Å². The number of fused-ring (bicyclic) bond motifs is 1. The number of hydrogen-bond donors (Lipinski definition) is 2. The van der Waals surface area contributed by atoms with Crippen LogP contribution in [0, 0.1) is 0 Å². The van der Waals surface area contributed by atoms with Gasteiger partial charge in [0.1, 0.15) is 5.75 Å². The first-order valence-electron chi connectivity index (χ1n) is 8.88. The van der Waals surface area contributed by atoms with Crippen LogP contribution in [0.1, 0.15) is 15.9 Å². The fourth-order valence-electron chi connectivity index (χ4n) is 3.17. The minimum Gasteiger partial charge on any atom is -0.507 e. The van der Waals surface area contributed by atoms with Gasteiger partial charge in [0.2, 0.25) is 0 Å². The second-order valence-corrected chi connectivity index (χ2v) is 6.50. The quantitative estimate of drug-likeness (QED) is 0.570. The monoisotopic (exact) mass is 370 g/mol. The number of benzene rings is 3. The normalized spacial score (nSPS) is 10.7. The van der Waals surface area contributed by atoms with Crippen molar-refractivity contribution >= 4 is 22.4 Å². The molecule has 5 nitrogen and oxygen atoms in total. The van der Waals surface area contributed by atoms with Crippen LogP contribution >= 0.6 is 0 Å². The van der Waals surface area contributed by atoms with Crippen LogP contribution < -0.4 is 10.9 Å². The summed E-state index contributed by atoms with van der Waals surface area (Å²) in [6.45, 7) is 0.314. The second kappa shape index (κ2) is 7.40. The van der Waals surface area contributed by atoms with Crippen molar-refractivity contribution in [2.75, 3.05) is 5.32 Å². The van der Waals surface area contributed by atoms with Crippen molar-refractivity contribution in [3.8, 4) is 5.75 Å². The number of amides is 1. The molecule has 2 N–H and O–H groups in total. The highest BCUT2D eigenvalue weighted by Gasteiger charge is 2.15. The van der Waals surface area contributed by atoms with Gasteiger partial charge in [0.05, 0.1) is 12.1 Å². The van der Waals surface area contributed by atoms with Crippen LogP contribution in [0.3, 0.4) is 0 Å². The van der Waals surface area contributed by atoms with E-state index in [-0.39, 0.29) is 16.9 Å². The molecule has 138 valence electrons. The topological polar surface area (TPSA) is 71.3 Å². The van der Waals surface area contributed by atoms with Gasteiger partial charge >= 0.3 is 0 Å². The van der Waals surface area contributed by atoms with E-state index in [2.05, 4.69) is 5.32 Å². The van der Waals surface area contributed by atoms with E-state index in [1.807, 2.05) is 66.7 Å². The van der Waals surface area contributed by atoms with E-state index in [4.69, 9.17) is 0 Å². The van der Waals surface area contributed by atoms with Crippen molar-refractivity contribution in [2.24, 2.45) is 0 Å². The number of rotatable bonds is 4. The lowest BCUT2D eigenvalue weighted by Crippen LogP contribution is -2.23. The molecule has 1 amide bonds. The van der Waals surface area contributed by atoms with Crippen molar-refractivity contribution in [1.29, 1.82) is 0 Å². The zero-order valence-corrected chi connectivity index (χ0v) is 15.0. The molecule has 5 heteroatoms. The molecule has 0 saturated carbocycles. The Balaban J connectivity index is 1.67. The van der Waals surface area contributed by atoms with Crippen LogP contribution in [-0.2, 0) is 6.54 Å². The molecule has 0 bridgehead atoms. The standard InChI is InChI=1S/C23H18N2O3/c26-21-13-22(27)25(14-16-7-2-1-3-8-16)15-19(21)23(28)24-20-12-6-10-17-9-4-5-11-18(17)20/h1-13,15,26H,14H2,(H,24,28). The summed E-state index contributed by atoms with van der Waals surface area (Å²) in [5, 5.41) is 14.9. The maximum atomic E-state index is 12.8. The number of nitrogens with zero attached hydrogens (tertiary/aromatic N) is 1. The Morgan fingerprint density at radius 1 is 0.929 bits per heavy atom. The minimum atomic E-state index is -0.476. The minimum absolute atomic E-state index is 0.0449. The Labute approximate surface area is 161 Å². The third kappa shape index (κ3) is 3.50. The lowest BCUT2D eigenvalue weighted by Gasteiger charge is -2.12. The van der Waals surface area contributed by atoms with Gasteiger partial charge in [0.25, 0.3) is 11.5 Å². The van der Waals surface area contributed by atoms with Gasteiger partial charge in [-0.05, 0) is 17.0 Å². The van der Waals surface area contributed by atoms with Crippen molar-refractivity contribution < 1.29 is 9.90 Å². The Morgan fingerprint density at radius 3 is 2.46 bits per heavy atom. The summed E-state index contributed by atoms with van der Waals surface area (Å²) < 4.78 is 1.41.